The van der Waals surface area contributed by atoms with E-state index in [4.69, 9.17) is 0 Å². The average molecular weight is 517 g/mol. The lowest BCUT2D eigenvalue weighted by Gasteiger charge is -2.28. The molecule has 1 unspecified atom stereocenters. The molecule has 0 aliphatic rings. The molecule has 0 aliphatic heterocycles. The lowest BCUT2D eigenvalue weighted by atomic mass is 9.88. The standard InChI is InChI=1S/C38H32N2/c1-2-9-33(26-28-18-20-29(27-39)21-19-28)30-22-24-34(25-23-30)40(37-16-7-12-31-10-3-5-14-35(31)37)38-17-8-13-32-11-4-6-15-36(32)38/h3-8,10-25,33H,2,9,26H2,1H3. The maximum absolute atomic E-state index is 9.17. The topological polar surface area (TPSA) is 27.0 Å². The van der Waals surface area contributed by atoms with Crippen LogP contribution in [0.4, 0.5) is 17.1 Å². The number of rotatable bonds is 8. The van der Waals surface area contributed by atoms with Gasteiger partial charge in [-0.15, -0.1) is 0 Å². The molecule has 0 saturated heterocycles. The minimum atomic E-state index is 0.426. The zero-order valence-corrected chi connectivity index (χ0v) is 22.8. The van der Waals surface area contributed by atoms with Gasteiger partial charge in [-0.25, -0.2) is 0 Å². The van der Waals surface area contributed by atoms with Gasteiger partial charge in [-0.05, 0) is 77.1 Å². The molecule has 0 fully saturated rings. The fourth-order valence-corrected chi connectivity index (χ4v) is 5.85. The summed E-state index contributed by atoms with van der Waals surface area (Å²) in [5.74, 6) is 0.426. The molecule has 1 atom stereocenters. The van der Waals surface area contributed by atoms with Crippen LogP contribution in [0.1, 0.15) is 42.4 Å². The van der Waals surface area contributed by atoms with Crippen LogP contribution < -0.4 is 4.90 Å². The predicted molar refractivity (Wildman–Crippen MR) is 169 cm³/mol. The van der Waals surface area contributed by atoms with Crippen LogP contribution in [-0.4, -0.2) is 0 Å². The van der Waals surface area contributed by atoms with Crippen molar-refractivity contribution in [2.75, 3.05) is 4.90 Å². The fraction of sp³-hybridized carbons (Fsp3) is 0.132. The van der Waals surface area contributed by atoms with Crippen LogP contribution in [-0.2, 0) is 6.42 Å². The van der Waals surface area contributed by atoms with Crippen molar-refractivity contribution in [1.82, 2.24) is 0 Å². The zero-order valence-electron chi connectivity index (χ0n) is 22.8. The van der Waals surface area contributed by atoms with Gasteiger partial charge in [0.15, 0.2) is 0 Å². The molecule has 0 N–H and O–H groups in total. The van der Waals surface area contributed by atoms with Crippen molar-refractivity contribution < 1.29 is 0 Å². The third kappa shape index (κ3) is 5.07. The molecule has 6 aromatic rings. The third-order valence-electron chi connectivity index (χ3n) is 7.84. The number of hydrogen-bond donors (Lipinski definition) is 0. The minimum Gasteiger partial charge on any atom is -0.309 e. The SMILES string of the molecule is CCCC(Cc1ccc(C#N)cc1)c1ccc(N(c2cccc3ccccc23)c2cccc3ccccc23)cc1. The van der Waals surface area contributed by atoms with Gasteiger partial charge in [-0.2, -0.15) is 5.26 Å². The summed E-state index contributed by atoms with van der Waals surface area (Å²) >= 11 is 0. The minimum absolute atomic E-state index is 0.426. The summed E-state index contributed by atoms with van der Waals surface area (Å²) in [6.07, 6.45) is 3.21. The van der Waals surface area contributed by atoms with E-state index < -0.39 is 0 Å². The molecule has 0 aliphatic carbocycles. The van der Waals surface area contributed by atoms with Gasteiger partial charge in [0.1, 0.15) is 0 Å². The molecule has 0 saturated carbocycles. The summed E-state index contributed by atoms with van der Waals surface area (Å²) in [7, 11) is 0. The van der Waals surface area contributed by atoms with Crippen LogP contribution in [0.15, 0.2) is 133 Å². The molecule has 0 aromatic heterocycles. The lowest BCUT2D eigenvalue weighted by Crippen LogP contribution is -2.11. The number of hydrogen-bond acceptors (Lipinski definition) is 2. The van der Waals surface area contributed by atoms with Crippen molar-refractivity contribution in [3.8, 4) is 6.07 Å². The molecule has 40 heavy (non-hydrogen) atoms. The smallest absolute Gasteiger partial charge is 0.0991 e. The normalized spacial score (nSPS) is 11.8. The van der Waals surface area contributed by atoms with Crippen LogP contribution in [0.3, 0.4) is 0 Å². The Balaban J connectivity index is 1.44. The molecule has 6 aromatic carbocycles. The van der Waals surface area contributed by atoms with E-state index in [0.29, 0.717) is 11.5 Å². The highest BCUT2D eigenvalue weighted by molar-refractivity contribution is 6.04. The lowest BCUT2D eigenvalue weighted by molar-refractivity contribution is 0.610. The first-order valence-electron chi connectivity index (χ1n) is 14.1. The highest BCUT2D eigenvalue weighted by Gasteiger charge is 2.19. The average Bonchev–Trinajstić information content (AvgIpc) is 3.02. The zero-order chi connectivity index (χ0) is 27.3. The quantitative estimate of drug-likeness (QED) is 0.201. The Bertz CT molecular complexity index is 1700. The van der Waals surface area contributed by atoms with Crippen molar-refractivity contribution in [2.24, 2.45) is 0 Å². The van der Waals surface area contributed by atoms with E-state index in [2.05, 4.69) is 139 Å². The summed E-state index contributed by atoms with van der Waals surface area (Å²) < 4.78 is 0. The second kappa shape index (κ2) is 11.5. The molecular weight excluding hydrogens is 484 g/mol. The van der Waals surface area contributed by atoms with Gasteiger partial charge in [0, 0.05) is 16.5 Å². The molecule has 0 heterocycles. The van der Waals surface area contributed by atoms with E-state index in [1.807, 2.05) is 12.1 Å². The van der Waals surface area contributed by atoms with Crippen molar-refractivity contribution in [3.63, 3.8) is 0 Å². The largest absolute Gasteiger partial charge is 0.309 e. The number of nitriles is 1. The van der Waals surface area contributed by atoms with Crippen molar-refractivity contribution in [2.45, 2.75) is 32.1 Å². The van der Waals surface area contributed by atoms with Gasteiger partial charge in [-0.1, -0.05) is 110 Å². The molecular formula is C38H32N2. The second-order valence-corrected chi connectivity index (χ2v) is 10.4. The summed E-state index contributed by atoms with van der Waals surface area (Å²) in [6.45, 7) is 2.25. The van der Waals surface area contributed by atoms with E-state index in [-0.39, 0.29) is 0 Å². The van der Waals surface area contributed by atoms with Gasteiger partial charge in [0.05, 0.1) is 23.0 Å². The molecule has 0 spiro atoms. The molecule has 0 bridgehead atoms. The molecule has 2 heteroatoms. The van der Waals surface area contributed by atoms with E-state index in [9.17, 15) is 5.26 Å². The highest BCUT2D eigenvalue weighted by Crippen LogP contribution is 2.42. The van der Waals surface area contributed by atoms with Gasteiger partial charge < -0.3 is 4.90 Å². The van der Waals surface area contributed by atoms with Crippen molar-refractivity contribution in [1.29, 1.82) is 5.26 Å². The first-order valence-corrected chi connectivity index (χ1v) is 14.1. The summed E-state index contributed by atoms with van der Waals surface area (Å²) in [5, 5.41) is 14.1. The van der Waals surface area contributed by atoms with Crippen molar-refractivity contribution in [3.05, 3.63) is 150 Å². The monoisotopic (exact) mass is 516 g/mol. The first kappa shape index (κ1) is 25.4. The van der Waals surface area contributed by atoms with Crippen LogP contribution in [0, 0.1) is 11.3 Å². The van der Waals surface area contributed by atoms with Crippen LogP contribution in [0.5, 0.6) is 0 Å². The molecule has 6 rings (SSSR count). The number of benzene rings is 6. The number of nitrogens with zero attached hydrogens (tertiary/aromatic N) is 2. The van der Waals surface area contributed by atoms with E-state index in [1.165, 1.54) is 44.0 Å². The van der Waals surface area contributed by atoms with E-state index >= 15 is 0 Å². The van der Waals surface area contributed by atoms with Crippen molar-refractivity contribution >= 4 is 38.6 Å². The van der Waals surface area contributed by atoms with E-state index in [0.717, 1.165) is 24.9 Å². The van der Waals surface area contributed by atoms with Gasteiger partial charge in [0.25, 0.3) is 0 Å². The van der Waals surface area contributed by atoms with Gasteiger partial charge in [-0.3, -0.25) is 0 Å². The highest BCUT2D eigenvalue weighted by atomic mass is 15.1. The number of anilines is 3. The Kier molecular flexibility index (Phi) is 7.29. The molecule has 194 valence electrons. The van der Waals surface area contributed by atoms with Crippen LogP contribution >= 0.6 is 0 Å². The van der Waals surface area contributed by atoms with Gasteiger partial charge >= 0.3 is 0 Å². The van der Waals surface area contributed by atoms with Gasteiger partial charge in [0.2, 0.25) is 0 Å². The fourth-order valence-electron chi connectivity index (χ4n) is 5.85. The van der Waals surface area contributed by atoms with E-state index in [1.54, 1.807) is 0 Å². The summed E-state index contributed by atoms with van der Waals surface area (Å²) in [5.41, 5.74) is 6.82. The first-order chi connectivity index (χ1) is 19.7. The molecule has 2 nitrogen and oxygen atoms in total. The maximum atomic E-state index is 9.17. The second-order valence-electron chi connectivity index (χ2n) is 10.4. The molecule has 0 amide bonds. The third-order valence-corrected chi connectivity index (χ3v) is 7.84. The van der Waals surface area contributed by atoms with Crippen LogP contribution in [0.25, 0.3) is 21.5 Å². The summed E-state index contributed by atoms with van der Waals surface area (Å²) in [6, 6.07) is 49.8. The Hall–Kier alpha value is -4.87. The Morgan fingerprint density at radius 3 is 1.73 bits per heavy atom. The predicted octanol–water partition coefficient (Wildman–Crippen LogP) is 10.5. The number of fused-ring (bicyclic) bond motifs is 2. The maximum Gasteiger partial charge on any atom is 0.0991 e. The van der Waals surface area contributed by atoms with Crippen LogP contribution in [0.2, 0.25) is 0 Å². The molecule has 0 radical (unpaired) electrons. The Labute approximate surface area is 236 Å². The Morgan fingerprint density at radius 2 is 1.18 bits per heavy atom. The summed E-state index contributed by atoms with van der Waals surface area (Å²) in [4.78, 5) is 2.41. The Morgan fingerprint density at radius 1 is 0.625 bits per heavy atom.